The Morgan fingerprint density at radius 1 is 1.44 bits per heavy atom. The number of esters is 1. The van der Waals surface area contributed by atoms with Crippen LogP contribution >= 0.6 is 0 Å². The Hall–Kier alpha value is -1.98. The average Bonchev–Trinajstić information content (AvgIpc) is 2.68. The van der Waals surface area contributed by atoms with E-state index in [1.54, 1.807) is 11.4 Å². The predicted molar refractivity (Wildman–Crippen MR) is 56.2 cm³/mol. The maximum atomic E-state index is 11.6. The second-order valence-electron chi connectivity index (χ2n) is 3.38. The van der Waals surface area contributed by atoms with Gasteiger partial charge in [-0.05, 0) is 20.8 Å². The van der Waals surface area contributed by atoms with Crippen molar-refractivity contribution >= 4 is 11.6 Å². The highest BCUT2D eigenvalue weighted by Gasteiger charge is 2.16. The molecule has 0 aliphatic carbocycles. The van der Waals surface area contributed by atoms with Crippen LogP contribution < -0.4 is 0 Å². The number of aromatic nitrogens is 4. The van der Waals surface area contributed by atoms with Crippen molar-refractivity contribution in [3.05, 3.63) is 23.1 Å². The van der Waals surface area contributed by atoms with Gasteiger partial charge in [-0.3, -0.25) is 0 Å². The first kappa shape index (κ1) is 10.5. The number of carbonyl (C=O) groups excluding carboxylic acids is 1. The van der Waals surface area contributed by atoms with E-state index in [1.165, 1.54) is 6.20 Å². The number of hydrogen-bond acceptors (Lipinski definition) is 5. The molecule has 0 aliphatic heterocycles. The molecule has 6 nitrogen and oxygen atoms in total. The zero-order valence-corrected chi connectivity index (χ0v) is 9.39. The molecule has 2 heterocycles. The fraction of sp³-hybridized carbons (Fsp3) is 0.400. The lowest BCUT2D eigenvalue weighted by molar-refractivity contribution is 0.0528. The standard InChI is InChI=1S/C10H12N4O2/c1-4-16-10(15)8-5-11-14-7(3)6(2)12-13-9(8)14/h5H,4H2,1-3H3. The molecule has 0 bridgehead atoms. The number of fused-ring (bicyclic) bond motifs is 1. The minimum absolute atomic E-state index is 0.328. The molecule has 0 N–H and O–H groups in total. The van der Waals surface area contributed by atoms with E-state index in [0.717, 1.165) is 11.4 Å². The van der Waals surface area contributed by atoms with Gasteiger partial charge in [-0.2, -0.15) is 10.2 Å². The van der Waals surface area contributed by atoms with Crippen LogP contribution in [0.15, 0.2) is 6.20 Å². The molecule has 0 aromatic carbocycles. The molecule has 84 valence electrons. The van der Waals surface area contributed by atoms with Crippen LogP contribution in [0.2, 0.25) is 0 Å². The van der Waals surface area contributed by atoms with E-state index in [0.29, 0.717) is 17.8 Å². The molecule has 6 heteroatoms. The molecule has 0 atom stereocenters. The van der Waals surface area contributed by atoms with Crippen LogP contribution in [0.5, 0.6) is 0 Å². The molecule has 2 aromatic rings. The molecule has 0 saturated carbocycles. The smallest absolute Gasteiger partial charge is 0.343 e. The quantitative estimate of drug-likeness (QED) is 0.704. The molecule has 0 fully saturated rings. The molecule has 2 rings (SSSR count). The lowest BCUT2D eigenvalue weighted by Gasteiger charge is -2.01. The van der Waals surface area contributed by atoms with Gasteiger partial charge in [0.05, 0.1) is 24.2 Å². The van der Waals surface area contributed by atoms with Gasteiger partial charge in [0.2, 0.25) is 0 Å². The van der Waals surface area contributed by atoms with Crippen LogP contribution in [0, 0.1) is 13.8 Å². The Kier molecular flexibility index (Phi) is 2.55. The Bertz CT molecular complexity index is 547. The van der Waals surface area contributed by atoms with Gasteiger partial charge in [0.1, 0.15) is 5.56 Å². The zero-order chi connectivity index (χ0) is 11.7. The van der Waals surface area contributed by atoms with Crippen molar-refractivity contribution in [2.75, 3.05) is 6.61 Å². The van der Waals surface area contributed by atoms with Crippen molar-refractivity contribution in [3.8, 4) is 0 Å². The molecule has 16 heavy (non-hydrogen) atoms. The Morgan fingerprint density at radius 3 is 2.88 bits per heavy atom. The first-order valence-electron chi connectivity index (χ1n) is 5.00. The number of rotatable bonds is 2. The lowest BCUT2D eigenvalue weighted by atomic mass is 10.3. The third kappa shape index (κ3) is 1.52. The summed E-state index contributed by atoms with van der Waals surface area (Å²) in [5, 5.41) is 12.0. The Labute approximate surface area is 92.2 Å². The first-order valence-corrected chi connectivity index (χ1v) is 5.00. The van der Waals surface area contributed by atoms with E-state index in [-0.39, 0.29) is 0 Å². The van der Waals surface area contributed by atoms with Crippen LogP contribution in [-0.4, -0.2) is 32.4 Å². The Balaban J connectivity index is 2.58. The maximum Gasteiger partial charge on any atom is 0.343 e. The fourth-order valence-corrected chi connectivity index (χ4v) is 1.38. The van der Waals surface area contributed by atoms with E-state index < -0.39 is 5.97 Å². The van der Waals surface area contributed by atoms with E-state index in [4.69, 9.17) is 4.74 Å². The summed E-state index contributed by atoms with van der Waals surface area (Å²) in [5.74, 6) is -0.421. The molecule has 0 spiro atoms. The summed E-state index contributed by atoms with van der Waals surface area (Å²) in [7, 11) is 0. The summed E-state index contributed by atoms with van der Waals surface area (Å²) in [5.41, 5.74) is 2.42. The predicted octanol–water partition coefficient (Wildman–Crippen LogP) is 0.918. The maximum absolute atomic E-state index is 11.6. The van der Waals surface area contributed by atoms with Gasteiger partial charge in [-0.15, -0.1) is 5.10 Å². The molecule has 0 aliphatic rings. The van der Waals surface area contributed by atoms with E-state index in [9.17, 15) is 4.79 Å². The summed E-state index contributed by atoms with van der Waals surface area (Å²) in [6.45, 7) is 5.80. The van der Waals surface area contributed by atoms with Crippen LogP contribution in [0.4, 0.5) is 0 Å². The first-order chi connectivity index (χ1) is 7.65. The van der Waals surface area contributed by atoms with Crippen LogP contribution in [0.3, 0.4) is 0 Å². The third-order valence-electron chi connectivity index (χ3n) is 2.38. The van der Waals surface area contributed by atoms with Gasteiger partial charge in [0.15, 0.2) is 5.65 Å². The second kappa shape index (κ2) is 3.88. The summed E-state index contributed by atoms with van der Waals surface area (Å²) >= 11 is 0. The minimum atomic E-state index is -0.421. The number of nitrogens with zero attached hydrogens (tertiary/aromatic N) is 4. The van der Waals surface area contributed by atoms with Gasteiger partial charge < -0.3 is 4.74 Å². The topological polar surface area (TPSA) is 69.4 Å². The van der Waals surface area contributed by atoms with Crippen molar-refractivity contribution < 1.29 is 9.53 Å². The molecule has 0 radical (unpaired) electrons. The lowest BCUT2D eigenvalue weighted by Crippen LogP contribution is -2.07. The van der Waals surface area contributed by atoms with Crippen molar-refractivity contribution in [2.45, 2.75) is 20.8 Å². The molecular formula is C10H12N4O2. The second-order valence-corrected chi connectivity index (χ2v) is 3.38. The SMILES string of the molecule is CCOC(=O)c1cnn2c(C)c(C)nnc12. The van der Waals surface area contributed by atoms with Gasteiger partial charge in [-0.25, -0.2) is 9.31 Å². The number of carbonyl (C=O) groups is 1. The van der Waals surface area contributed by atoms with Crippen molar-refractivity contribution in [2.24, 2.45) is 0 Å². The average molecular weight is 220 g/mol. The molecular weight excluding hydrogens is 208 g/mol. The highest BCUT2D eigenvalue weighted by molar-refractivity contribution is 5.95. The van der Waals surface area contributed by atoms with Crippen molar-refractivity contribution in [1.29, 1.82) is 0 Å². The summed E-state index contributed by atoms with van der Waals surface area (Å²) < 4.78 is 6.50. The van der Waals surface area contributed by atoms with Gasteiger partial charge in [-0.1, -0.05) is 0 Å². The van der Waals surface area contributed by atoms with E-state index in [2.05, 4.69) is 15.3 Å². The monoisotopic (exact) mass is 220 g/mol. The molecule has 0 saturated heterocycles. The van der Waals surface area contributed by atoms with Crippen molar-refractivity contribution in [1.82, 2.24) is 19.8 Å². The summed E-state index contributed by atoms with van der Waals surface area (Å²) in [6.07, 6.45) is 1.45. The highest BCUT2D eigenvalue weighted by atomic mass is 16.5. The van der Waals surface area contributed by atoms with Crippen LogP contribution in [0.25, 0.3) is 5.65 Å². The van der Waals surface area contributed by atoms with E-state index in [1.807, 2.05) is 13.8 Å². The third-order valence-corrected chi connectivity index (χ3v) is 2.38. The largest absolute Gasteiger partial charge is 0.462 e. The summed E-state index contributed by atoms with van der Waals surface area (Å²) in [6, 6.07) is 0. The van der Waals surface area contributed by atoms with Crippen LogP contribution in [0.1, 0.15) is 28.7 Å². The molecule has 0 amide bonds. The Morgan fingerprint density at radius 2 is 2.19 bits per heavy atom. The van der Waals surface area contributed by atoms with Gasteiger partial charge in [0, 0.05) is 0 Å². The number of ether oxygens (including phenoxy) is 1. The molecule has 0 unspecified atom stereocenters. The van der Waals surface area contributed by atoms with Gasteiger partial charge in [0.25, 0.3) is 0 Å². The molecule has 2 aromatic heterocycles. The number of hydrogen-bond donors (Lipinski definition) is 0. The van der Waals surface area contributed by atoms with Crippen molar-refractivity contribution in [3.63, 3.8) is 0 Å². The number of aryl methyl sites for hydroxylation is 2. The van der Waals surface area contributed by atoms with Crippen LogP contribution in [-0.2, 0) is 4.74 Å². The van der Waals surface area contributed by atoms with Gasteiger partial charge >= 0.3 is 5.97 Å². The fourth-order valence-electron chi connectivity index (χ4n) is 1.38. The minimum Gasteiger partial charge on any atom is -0.462 e. The summed E-state index contributed by atoms with van der Waals surface area (Å²) in [4.78, 5) is 11.6. The normalized spacial score (nSPS) is 10.7. The zero-order valence-electron chi connectivity index (χ0n) is 9.39. The highest BCUT2D eigenvalue weighted by Crippen LogP contribution is 2.11. The van der Waals surface area contributed by atoms with E-state index >= 15 is 0 Å².